The highest BCUT2D eigenvalue weighted by molar-refractivity contribution is 5.75. The molecule has 1 aliphatic carbocycles. The van der Waals surface area contributed by atoms with Crippen LogP contribution in [-0.2, 0) is 0 Å². The zero-order valence-electron chi connectivity index (χ0n) is 10.8. The average Bonchev–Trinajstić information content (AvgIpc) is 2.89. The molecule has 0 aromatic heterocycles. The van der Waals surface area contributed by atoms with Gasteiger partial charge in [0.05, 0.1) is 0 Å². The first-order valence-electron chi connectivity index (χ1n) is 6.96. The first-order valence-corrected chi connectivity index (χ1v) is 6.96. The number of likely N-dealkylation sites (tertiary alicyclic amines) is 1. The van der Waals surface area contributed by atoms with Crippen molar-refractivity contribution in [3.63, 3.8) is 0 Å². The van der Waals surface area contributed by atoms with E-state index in [0.29, 0.717) is 6.03 Å². The second-order valence-corrected chi connectivity index (χ2v) is 5.93. The van der Waals surface area contributed by atoms with Crippen LogP contribution >= 0.6 is 0 Å². The van der Waals surface area contributed by atoms with Crippen molar-refractivity contribution >= 4 is 6.03 Å². The van der Waals surface area contributed by atoms with Gasteiger partial charge in [-0.2, -0.15) is 0 Å². The van der Waals surface area contributed by atoms with Crippen molar-refractivity contribution in [2.24, 2.45) is 11.8 Å². The molecular weight excluding hydrogens is 214 g/mol. The molecule has 0 aromatic rings. The van der Waals surface area contributed by atoms with E-state index in [1.54, 1.807) is 0 Å². The number of amides is 2. The van der Waals surface area contributed by atoms with Gasteiger partial charge in [0.2, 0.25) is 0 Å². The summed E-state index contributed by atoms with van der Waals surface area (Å²) in [6, 6.07) is 0.299. The van der Waals surface area contributed by atoms with Crippen molar-refractivity contribution < 1.29 is 4.79 Å². The molecule has 2 atom stereocenters. The summed E-state index contributed by atoms with van der Waals surface area (Å²) in [4.78, 5) is 18.8. The van der Waals surface area contributed by atoms with Crippen LogP contribution in [0.2, 0.25) is 0 Å². The van der Waals surface area contributed by atoms with Gasteiger partial charge in [0.15, 0.2) is 0 Å². The highest BCUT2D eigenvalue weighted by Gasteiger charge is 2.39. The first kappa shape index (κ1) is 11.3. The summed E-state index contributed by atoms with van der Waals surface area (Å²) in [7, 11) is 2.13. The topological polar surface area (TPSA) is 26.8 Å². The Kier molecular flexibility index (Phi) is 2.99. The third kappa shape index (κ3) is 2.15. The Hall–Kier alpha value is -0.770. The van der Waals surface area contributed by atoms with Gasteiger partial charge in [-0.25, -0.2) is 4.79 Å². The highest BCUT2D eigenvalue weighted by atomic mass is 16.2. The molecule has 0 unspecified atom stereocenters. The molecule has 0 bridgehead atoms. The van der Waals surface area contributed by atoms with E-state index in [1.807, 2.05) is 4.90 Å². The second kappa shape index (κ2) is 4.48. The summed E-state index contributed by atoms with van der Waals surface area (Å²) in [6.07, 6.45) is 4.07. The van der Waals surface area contributed by atoms with Crippen LogP contribution in [0.15, 0.2) is 0 Å². The van der Waals surface area contributed by atoms with E-state index in [4.69, 9.17) is 0 Å². The van der Waals surface area contributed by atoms with Crippen molar-refractivity contribution in [3.8, 4) is 0 Å². The molecule has 3 aliphatic rings. The summed E-state index contributed by atoms with van der Waals surface area (Å²) >= 11 is 0. The fraction of sp³-hybridized carbons (Fsp3) is 0.923. The molecule has 1 saturated carbocycles. The number of likely N-dealkylation sites (N-methyl/N-ethyl adjacent to an activating group) is 1. The van der Waals surface area contributed by atoms with E-state index < -0.39 is 0 Å². The lowest BCUT2D eigenvalue weighted by Gasteiger charge is -2.35. The summed E-state index contributed by atoms with van der Waals surface area (Å²) in [5.74, 6) is 1.62. The largest absolute Gasteiger partial charge is 0.324 e. The predicted octanol–water partition coefficient (Wildman–Crippen LogP) is 1.09. The lowest BCUT2D eigenvalue weighted by Crippen LogP contribution is -2.51. The molecule has 4 nitrogen and oxygen atoms in total. The lowest BCUT2D eigenvalue weighted by atomic mass is 10.0. The Bertz CT molecular complexity index is 287. The van der Waals surface area contributed by atoms with Crippen LogP contribution in [0.5, 0.6) is 0 Å². The van der Waals surface area contributed by atoms with Gasteiger partial charge in [0.1, 0.15) is 0 Å². The molecule has 4 heteroatoms. The number of fused-ring (bicyclic) bond motifs is 1. The molecule has 2 aliphatic heterocycles. The van der Waals surface area contributed by atoms with E-state index >= 15 is 0 Å². The summed E-state index contributed by atoms with van der Waals surface area (Å²) < 4.78 is 0. The average molecular weight is 237 g/mol. The maximum atomic E-state index is 12.4. The molecule has 0 radical (unpaired) electrons. The van der Waals surface area contributed by atoms with Gasteiger partial charge in [-0.05, 0) is 31.7 Å². The van der Waals surface area contributed by atoms with Gasteiger partial charge in [0.25, 0.3) is 0 Å². The third-order valence-corrected chi connectivity index (χ3v) is 4.77. The summed E-state index contributed by atoms with van der Waals surface area (Å²) in [6.45, 7) is 5.90. The molecule has 0 N–H and O–H groups in total. The Balaban J connectivity index is 1.56. The van der Waals surface area contributed by atoms with Crippen LogP contribution in [-0.4, -0.2) is 67.0 Å². The number of hydrogen-bond acceptors (Lipinski definition) is 2. The lowest BCUT2D eigenvalue weighted by molar-refractivity contribution is 0.127. The first-order chi connectivity index (χ1) is 8.24. The fourth-order valence-electron chi connectivity index (χ4n) is 3.59. The standard InChI is InChI=1S/C13H23N3O/c1-14-5-7-15(8-6-14)13(17)16-9-11-3-2-4-12(11)10-16/h11-12H,2-10H2,1H3/t11-,12+. The maximum Gasteiger partial charge on any atom is 0.320 e. The SMILES string of the molecule is CN1CCN(C(=O)N2C[C@H]3CCC[C@H]3C2)CC1. The van der Waals surface area contributed by atoms with Gasteiger partial charge in [-0.3, -0.25) is 0 Å². The molecule has 17 heavy (non-hydrogen) atoms. The number of rotatable bonds is 0. The Morgan fingerprint density at radius 3 is 2.12 bits per heavy atom. The van der Waals surface area contributed by atoms with Crippen LogP contribution < -0.4 is 0 Å². The summed E-state index contributed by atoms with van der Waals surface area (Å²) in [5.41, 5.74) is 0. The molecule has 2 amide bonds. The minimum atomic E-state index is 0.299. The monoisotopic (exact) mass is 237 g/mol. The number of nitrogens with zero attached hydrogens (tertiary/aromatic N) is 3. The van der Waals surface area contributed by atoms with E-state index in [2.05, 4.69) is 16.8 Å². The van der Waals surface area contributed by atoms with Crippen molar-refractivity contribution in [2.75, 3.05) is 46.3 Å². The third-order valence-electron chi connectivity index (χ3n) is 4.77. The van der Waals surface area contributed by atoms with Gasteiger partial charge >= 0.3 is 6.03 Å². The maximum absolute atomic E-state index is 12.4. The number of carbonyl (C=O) groups excluding carboxylic acids is 1. The van der Waals surface area contributed by atoms with Crippen molar-refractivity contribution in [3.05, 3.63) is 0 Å². The molecule has 2 saturated heterocycles. The van der Waals surface area contributed by atoms with Gasteiger partial charge in [0, 0.05) is 39.3 Å². The molecule has 0 aromatic carbocycles. The second-order valence-electron chi connectivity index (χ2n) is 5.93. The van der Waals surface area contributed by atoms with E-state index in [-0.39, 0.29) is 0 Å². The number of urea groups is 1. The van der Waals surface area contributed by atoms with Gasteiger partial charge in [-0.15, -0.1) is 0 Å². The van der Waals surface area contributed by atoms with Crippen molar-refractivity contribution in [1.29, 1.82) is 0 Å². The Morgan fingerprint density at radius 2 is 1.53 bits per heavy atom. The Labute approximate surface area is 104 Å². The van der Waals surface area contributed by atoms with Crippen LogP contribution in [0.1, 0.15) is 19.3 Å². The zero-order chi connectivity index (χ0) is 11.8. The molecular formula is C13H23N3O. The van der Waals surface area contributed by atoms with E-state index in [0.717, 1.165) is 51.1 Å². The molecule has 96 valence electrons. The quantitative estimate of drug-likeness (QED) is 0.630. The summed E-state index contributed by atoms with van der Waals surface area (Å²) in [5, 5.41) is 0. The van der Waals surface area contributed by atoms with E-state index in [9.17, 15) is 4.79 Å². The highest BCUT2D eigenvalue weighted by Crippen LogP contribution is 2.37. The number of piperazine rings is 1. The van der Waals surface area contributed by atoms with Crippen LogP contribution in [0, 0.1) is 11.8 Å². The Morgan fingerprint density at radius 1 is 0.941 bits per heavy atom. The van der Waals surface area contributed by atoms with Gasteiger partial charge < -0.3 is 14.7 Å². The van der Waals surface area contributed by atoms with Crippen LogP contribution in [0.4, 0.5) is 4.79 Å². The van der Waals surface area contributed by atoms with Crippen LogP contribution in [0.25, 0.3) is 0 Å². The zero-order valence-corrected chi connectivity index (χ0v) is 10.8. The fourth-order valence-corrected chi connectivity index (χ4v) is 3.59. The minimum Gasteiger partial charge on any atom is -0.324 e. The minimum absolute atomic E-state index is 0.299. The molecule has 3 fully saturated rings. The molecule has 3 rings (SSSR count). The smallest absolute Gasteiger partial charge is 0.320 e. The predicted molar refractivity (Wildman–Crippen MR) is 66.9 cm³/mol. The van der Waals surface area contributed by atoms with Gasteiger partial charge in [-0.1, -0.05) is 6.42 Å². The van der Waals surface area contributed by atoms with Crippen molar-refractivity contribution in [1.82, 2.24) is 14.7 Å². The number of hydrogen-bond donors (Lipinski definition) is 0. The number of carbonyl (C=O) groups is 1. The van der Waals surface area contributed by atoms with E-state index in [1.165, 1.54) is 19.3 Å². The normalized spacial score (nSPS) is 34.2. The van der Waals surface area contributed by atoms with Crippen LogP contribution in [0.3, 0.4) is 0 Å². The van der Waals surface area contributed by atoms with Crippen molar-refractivity contribution in [2.45, 2.75) is 19.3 Å². The molecule has 2 heterocycles. The molecule has 0 spiro atoms.